The summed E-state index contributed by atoms with van der Waals surface area (Å²) < 4.78 is 102. The number of nitrogens with zero attached hydrogens (tertiary/aromatic N) is 4. The number of ether oxygens (including phenoxy) is 1. The average molecular weight is 733 g/mol. The molecule has 0 fully saturated rings. The molecule has 0 bridgehead atoms. The molecule has 2 aromatic heterocycles. The highest BCUT2D eigenvalue weighted by Crippen LogP contribution is 2.57. The quantitative estimate of drug-likeness (QED) is 0.153. The van der Waals surface area contributed by atoms with E-state index in [4.69, 9.17) is 4.74 Å². The van der Waals surface area contributed by atoms with Crippen LogP contribution in [0.5, 0.6) is 11.5 Å². The van der Waals surface area contributed by atoms with Crippen molar-refractivity contribution in [3.63, 3.8) is 0 Å². The summed E-state index contributed by atoms with van der Waals surface area (Å²) in [4.78, 5) is 9.07. The van der Waals surface area contributed by atoms with Crippen molar-refractivity contribution >= 4 is 22.1 Å². The molecule has 5 nitrogen and oxygen atoms in total. The van der Waals surface area contributed by atoms with Gasteiger partial charge in [0.15, 0.2) is 0 Å². The fourth-order valence-corrected chi connectivity index (χ4v) is 7.08. The molecule has 54 heavy (non-hydrogen) atoms. The summed E-state index contributed by atoms with van der Waals surface area (Å²) in [5.74, 6) is 1.90. The molecule has 6 aromatic carbocycles. The number of fused-ring (bicyclic) bond motifs is 2. The van der Waals surface area contributed by atoms with Crippen LogP contribution in [0.15, 0.2) is 146 Å². The first-order valence-electron chi connectivity index (χ1n) is 17.0. The lowest BCUT2D eigenvalue weighted by atomic mass is 9.72. The third-order valence-electron chi connectivity index (χ3n) is 9.59. The van der Waals surface area contributed by atoms with Gasteiger partial charge in [-0.3, -0.25) is 9.13 Å². The van der Waals surface area contributed by atoms with Crippen LogP contribution in [0.2, 0.25) is 0 Å². The third kappa shape index (κ3) is 5.76. The number of aryl methyl sites for hydroxylation is 2. The van der Waals surface area contributed by atoms with E-state index in [-0.39, 0.29) is 11.0 Å². The number of halogens is 6. The molecule has 0 aliphatic heterocycles. The van der Waals surface area contributed by atoms with Crippen LogP contribution in [0.4, 0.5) is 26.3 Å². The van der Waals surface area contributed by atoms with Crippen molar-refractivity contribution in [2.75, 3.05) is 0 Å². The van der Waals surface area contributed by atoms with Crippen LogP contribution in [0, 0.1) is 13.8 Å². The Kier molecular flexibility index (Phi) is 8.32. The lowest BCUT2D eigenvalue weighted by Gasteiger charge is -2.38. The van der Waals surface area contributed by atoms with E-state index in [0.717, 1.165) is 29.8 Å². The zero-order valence-corrected chi connectivity index (χ0v) is 28.8. The van der Waals surface area contributed by atoms with Crippen LogP contribution in [0.1, 0.15) is 22.5 Å². The Bertz CT molecular complexity index is 2600. The number of alkyl halides is 6. The molecule has 0 saturated heterocycles. The van der Waals surface area contributed by atoms with E-state index in [9.17, 15) is 0 Å². The number of para-hydroxylation sites is 2. The van der Waals surface area contributed by atoms with Crippen molar-refractivity contribution < 1.29 is 31.1 Å². The van der Waals surface area contributed by atoms with Crippen LogP contribution in [-0.2, 0) is 5.41 Å². The van der Waals surface area contributed by atoms with Gasteiger partial charge in [-0.25, -0.2) is 9.97 Å². The predicted molar refractivity (Wildman–Crippen MR) is 196 cm³/mol. The third-order valence-corrected chi connectivity index (χ3v) is 9.59. The number of hydrogen-bond donors (Lipinski definition) is 0. The molecular weight excluding hydrogens is 702 g/mol. The van der Waals surface area contributed by atoms with E-state index in [2.05, 4.69) is 9.97 Å². The first kappa shape index (κ1) is 34.7. The highest BCUT2D eigenvalue weighted by molar-refractivity contribution is 5.85. The SMILES string of the molecule is Cc1ccc(Oc2ccc(-c3nc4cc(C(c5ccc6c(c5)nc(C)n6-c5ccccc5)(C(F)(F)F)C(F)(F)F)ccc4n3-c3ccccc3)cc2)cc1. The Morgan fingerprint density at radius 2 is 0.963 bits per heavy atom. The molecule has 0 aliphatic carbocycles. The summed E-state index contributed by atoms with van der Waals surface area (Å²) in [5, 5.41) is 0. The molecule has 8 aromatic rings. The van der Waals surface area contributed by atoms with Gasteiger partial charge >= 0.3 is 12.4 Å². The topological polar surface area (TPSA) is 44.9 Å². The van der Waals surface area contributed by atoms with Crippen molar-refractivity contribution in [2.24, 2.45) is 0 Å². The summed E-state index contributed by atoms with van der Waals surface area (Å²) in [6.07, 6.45) is -11.6. The second-order valence-electron chi connectivity index (χ2n) is 13.0. The first-order valence-corrected chi connectivity index (χ1v) is 17.0. The standard InChI is InChI=1S/C43H30F6N4O/c1-27-13-19-34(20-14-27)54-35-21-15-29(16-22-35)40-51-37-26-31(18-24-39(37)53(40)33-11-7-4-8-12-33)41(42(44,45)46,43(47,48)49)30-17-23-38-36(25-30)50-28(2)52(38)32-9-5-3-6-10-32/h3-26H,1-2H3. The average Bonchev–Trinajstić information content (AvgIpc) is 3.69. The van der Waals surface area contributed by atoms with E-state index in [1.165, 1.54) is 12.1 Å². The van der Waals surface area contributed by atoms with Crippen molar-refractivity contribution in [1.29, 1.82) is 0 Å². The van der Waals surface area contributed by atoms with E-state index >= 15 is 26.3 Å². The molecule has 0 saturated carbocycles. The van der Waals surface area contributed by atoms with Crippen molar-refractivity contribution in [2.45, 2.75) is 31.6 Å². The molecule has 0 unspecified atom stereocenters. The maximum atomic E-state index is 15.4. The number of rotatable bonds is 7. The zero-order chi connectivity index (χ0) is 37.8. The minimum Gasteiger partial charge on any atom is -0.457 e. The molecule has 0 radical (unpaired) electrons. The first-order chi connectivity index (χ1) is 25.8. The van der Waals surface area contributed by atoms with Gasteiger partial charge in [-0.05, 0) is 110 Å². The Labute approximate surface area is 305 Å². The Morgan fingerprint density at radius 3 is 1.48 bits per heavy atom. The fourth-order valence-electron chi connectivity index (χ4n) is 7.08. The second-order valence-corrected chi connectivity index (χ2v) is 13.0. The van der Waals surface area contributed by atoms with Gasteiger partial charge in [-0.1, -0.05) is 66.2 Å². The minimum absolute atomic E-state index is 0.00162. The summed E-state index contributed by atoms with van der Waals surface area (Å²) in [5.41, 5.74) is -2.83. The molecule has 0 amide bonds. The van der Waals surface area contributed by atoms with Gasteiger partial charge in [-0.15, -0.1) is 0 Å². The number of benzene rings is 6. The molecule has 8 rings (SSSR count). The van der Waals surface area contributed by atoms with Gasteiger partial charge in [-0.2, -0.15) is 26.3 Å². The lowest BCUT2D eigenvalue weighted by molar-refractivity contribution is -0.288. The summed E-state index contributed by atoms with van der Waals surface area (Å²) in [7, 11) is 0. The van der Waals surface area contributed by atoms with Gasteiger partial charge in [0.1, 0.15) is 23.1 Å². The molecule has 0 atom stereocenters. The van der Waals surface area contributed by atoms with E-state index in [1.54, 1.807) is 101 Å². The smallest absolute Gasteiger partial charge is 0.411 e. The van der Waals surface area contributed by atoms with E-state index < -0.39 is 28.9 Å². The van der Waals surface area contributed by atoms with Crippen LogP contribution in [-0.4, -0.2) is 31.5 Å². The summed E-state index contributed by atoms with van der Waals surface area (Å²) >= 11 is 0. The van der Waals surface area contributed by atoms with Gasteiger partial charge in [0.25, 0.3) is 0 Å². The highest BCUT2D eigenvalue weighted by atomic mass is 19.4. The largest absolute Gasteiger partial charge is 0.457 e. The molecule has 2 heterocycles. The zero-order valence-electron chi connectivity index (χ0n) is 28.8. The van der Waals surface area contributed by atoms with Gasteiger partial charge in [0.05, 0.1) is 22.1 Å². The lowest BCUT2D eigenvalue weighted by Crippen LogP contribution is -2.54. The van der Waals surface area contributed by atoms with Crippen LogP contribution < -0.4 is 4.74 Å². The normalized spacial score (nSPS) is 12.4. The van der Waals surface area contributed by atoms with E-state index in [1.807, 2.05) is 31.2 Å². The van der Waals surface area contributed by atoms with Gasteiger partial charge < -0.3 is 4.74 Å². The van der Waals surface area contributed by atoms with E-state index in [0.29, 0.717) is 51.1 Å². The molecule has 0 N–H and O–H groups in total. The minimum atomic E-state index is -5.80. The maximum absolute atomic E-state index is 15.4. The monoisotopic (exact) mass is 732 g/mol. The summed E-state index contributed by atoms with van der Waals surface area (Å²) in [6.45, 7) is 3.61. The number of hydrogen-bond acceptors (Lipinski definition) is 3. The molecule has 0 spiro atoms. The van der Waals surface area contributed by atoms with Crippen LogP contribution >= 0.6 is 0 Å². The highest BCUT2D eigenvalue weighted by Gasteiger charge is 2.72. The van der Waals surface area contributed by atoms with Crippen molar-refractivity contribution in [3.05, 3.63) is 168 Å². The summed E-state index contributed by atoms with van der Waals surface area (Å²) in [6, 6.07) is 38.4. The Balaban J connectivity index is 1.29. The fraction of sp³-hybridized carbons (Fsp3) is 0.116. The van der Waals surface area contributed by atoms with Gasteiger partial charge in [0, 0.05) is 16.9 Å². The van der Waals surface area contributed by atoms with Crippen molar-refractivity contribution in [1.82, 2.24) is 19.1 Å². The van der Waals surface area contributed by atoms with Crippen LogP contribution in [0.25, 0.3) is 44.8 Å². The number of aromatic nitrogens is 4. The molecule has 270 valence electrons. The maximum Gasteiger partial charge on any atom is 0.411 e. The Hall–Kier alpha value is -6.36. The Morgan fingerprint density at radius 1 is 0.500 bits per heavy atom. The van der Waals surface area contributed by atoms with Crippen molar-refractivity contribution in [3.8, 4) is 34.3 Å². The molecule has 0 aliphatic rings. The molecule has 11 heteroatoms. The second kappa shape index (κ2) is 12.9. The van der Waals surface area contributed by atoms with Gasteiger partial charge in [0.2, 0.25) is 5.41 Å². The predicted octanol–water partition coefficient (Wildman–Crippen LogP) is 11.9. The number of imidazole rings is 2. The molecular formula is C43H30F6N4O. The van der Waals surface area contributed by atoms with Crippen LogP contribution in [0.3, 0.4) is 0 Å².